The summed E-state index contributed by atoms with van der Waals surface area (Å²) in [5.41, 5.74) is 2.29. The summed E-state index contributed by atoms with van der Waals surface area (Å²) in [7, 11) is 4.25. The first-order valence-corrected chi connectivity index (χ1v) is 7.37. The molecule has 0 aromatic carbocycles. The number of hydrogen-bond donors (Lipinski definition) is 1. The summed E-state index contributed by atoms with van der Waals surface area (Å²) >= 11 is 1.81. The van der Waals surface area contributed by atoms with Gasteiger partial charge in [0.1, 0.15) is 0 Å². The quantitative estimate of drug-likeness (QED) is 0.878. The number of aromatic nitrogens is 1. The van der Waals surface area contributed by atoms with Crippen LogP contribution in [-0.2, 0) is 6.54 Å². The second-order valence-corrected chi connectivity index (χ2v) is 5.91. The van der Waals surface area contributed by atoms with Crippen molar-refractivity contribution in [3.63, 3.8) is 0 Å². The number of aryl methyl sites for hydroxylation is 1. The molecular weight excluding hydrogens is 254 g/mol. The van der Waals surface area contributed by atoms with E-state index < -0.39 is 0 Å². The molecule has 0 aliphatic carbocycles. The van der Waals surface area contributed by atoms with E-state index in [1.165, 1.54) is 10.4 Å². The Kier molecular flexibility index (Phi) is 5.07. The topological polar surface area (TPSA) is 28.2 Å². The number of thiophene rings is 1. The molecule has 1 atom stereocenters. The van der Waals surface area contributed by atoms with Crippen LogP contribution >= 0.6 is 11.3 Å². The van der Waals surface area contributed by atoms with Gasteiger partial charge in [0, 0.05) is 29.9 Å². The van der Waals surface area contributed by atoms with Gasteiger partial charge in [-0.25, -0.2) is 0 Å². The lowest BCUT2D eigenvalue weighted by Gasteiger charge is -2.23. The van der Waals surface area contributed by atoms with Crippen molar-refractivity contribution in [2.45, 2.75) is 19.5 Å². The van der Waals surface area contributed by atoms with Crippen molar-refractivity contribution < 1.29 is 0 Å². The van der Waals surface area contributed by atoms with E-state index >= 15 is 0 Å². The van der Waals surface area contributed by atoms with Crippen LogP contribution in [0.3, 0.4) is 0 Å². The van der Waals surface area contributed by atoms with E-state index in [1.807, 2.05) is 24.5 Å². The van der Waals surface area contributed by atoms with Crippen LogP contribution in [-0.4, -0.2) is 30.5 Å². The Labute approximate surface area is 119 Å². The van der Waals surface area contributed by atoms with Crippen molar-refractivity contribution in [2.24, 2.45) is 0 Å². The van der Waals surface area contributed by atoms with Crippen molar-refractivity contribution in [1.82, 2.24) is 15.2 Å². The lowest BCUT2D eigenvalue weighted by atomic mass is 10.2. The summed E-state index contributed by atoms with van der Waals surface area (Å²) in [5.74, 6) is 0. The summed E-state index contributed by atoms with van der Waals surface area (Å²) in [4.78, 5) is 7.97. The maximum Gasteiger partial charge on any atom is 0.0561 e. The van der Waals surface area contributed by atoms with Crippen LogP contribution in [0.4, 0.5) is 0 Å². The second kappa shape index (κ2) is 6.80. The molecule has 1 N–H and O–H groups in total. The molecule has 0 radical (unpaired) electrons. The smallest absolute Gasteiger partial charge is 0.0561 e. The molecule has 2 rings (SSSR count). The molecule has 0 aliphatic rings. The van der Waals surface area contributed by atoms with E-state index in [0.717, 1.165) is 18.8 Å². The third-order valence-electron chi connectivity index (χ3n) is 3.13. The van der Waals surface area contributed by atoms with E-state index in [0.29, 0.717) is 6.04 Å². The molecule has 2 heterocycles. The Morgan fingerprint density at radius 3 is 2.74 bits per heavy atom. The van der Waals surface area contributed by atoms with Gasteiger partial charge >= 0.3 is 0 Å². The van der Waals surface area contributed by atoms with Crippen molar-refractivity contribution in [1.29, 1.82) is 0 Å². The number of likely N-dealkylation sites (N-methyl/N-ethyl adjacent to an activating group) is 1. The van der Waals surface area contributed by atoms with Crippen LogP contribution in [0.5, 0.6) is 0 Å². The SMILES string of the molecule is Cc1ccc(CNCC(c2cccs2)N(C)C)cn1. The largest absolute Gasteiger partial charge is 0.311 e. The molecule has 102 valence electrons. The molecule has 0 spiro atoms. The average molecular weight is 275 g/mol. The normalized spacial score (nSPS) is 12.8. The van der Waals surface area contributed by atoms with E-state index in [2.05, 4.69) is 58.9 Å². The van der Waals surface area contributed by atoms with Crippen molar-refractivity contribution in [3.8, 4) is 0 Å². The van der Waals surface area contributed by atoms with Crippen LogP contribution in [0.1, 0.15) is 22.2 Å². The van der Waals surface area contributed by atoms with Gasteiger partial charge in [0.2, 0.25) is 0 Å². The first-order valence-electron chi connectivity index (χ1n) is 6.49. The monoisotopic (exact) mass is 275 g/mol. The van der Waals surface area contributed by atoms with Crippen molar-refractivity contribution in [2.75, 3.05) is 20.6 Å². The highest BCUT2D eigenvalue weighted by Gasteiger charge is 2.14. The maximum atomic E-state index is 4.31. The fraction of sp³-hybridized carbons (Fsp3) is 0.400. The minimum Gasteiger partial charge on any atom is -0.311 e. The molecule has 0 saturated heterocycles. The number of hydrogen-bond acceptors (Lipinski definition) is 4. The molecule has 0 amide bonds. The van der Waals surface area contributed by atoms with Gasteiger partial charge in [0.05, 0.1) is 6.04 Å². The van der Waals surface area contributed by atoms with Crippen molar-refractivity contribution >= 4 is 11.3 Å². The highest BCUT2D eigenvalue weighted by atomic mass is 32.1. The predicted molar refractivity (Wildman–Crippen MR) is 81.4 cm³/mol. The molecular formula is C15H21N3S. The minimum atomic E-state index is 0.429. The molecule has 2 aromatic heterocycles. The van der Waals surface area contributed by atoms with E-state index in [-0.39, 0.29) is 0 Å². The van der Waals surface area contributed by atoms with Gasteiger partial charge in [0.15, 0.2) is 0 Å². The van der Waals surface area contributed by atoms with Gasteiger partial charge in [0.25, 0.3) is 0 Å². The molecule has 0 bridgehead atoms. The Morgan fingerprint density at radius 1 is 1.32 bits per heavy atom. The van der Waals surface area contributed by atoms with Gasteiger partial charge in [-0.3, -0.25) is 4.98 Å². The molecule has 1 unspecified atom stereocenters. The second-order valence-electron chi connectivity index (χ2n) is 4.93. The maximum absolute atomic E-state index is 4.31. The summed E-state index contributed by atoms with van der Waals surface area (Å²) < 4.78 is 0. The van der Waals surface area contributed by atoms with Gasteiger partial charge in [-0.2, -0.15) is 0 Å². The molecule has 4 heteroatoms. The Balaban J connectivity index is 1.88. The lowest BCUT2D eigenvalue weighted by Crippen LogP contribution is -2.30. The average Bonchev–Trinajstić information content (AvgIpc) is 2.90. The summed E-state index contributed by atoms with van der Waals surface area (Å²) in [6, 6.07) is 8.92. The standard InChI is InChI=1S/C15H21N3S/c1-12-6-7-13(10-17-12)9-16-11-14(18(2)3)15-5-4-8-19-15/h4-8,10,14,16H,9,11H2,1-3H3. The predicted octanol–water partition coefficient (Wildman–Crippen LogP) is 2.84. The Hall–Kier alpha value is -1.23. The first kappa shape index (κ1) is 14.2. The zero-order chi connectivity index (χ0) is 13.7. The fourth-order valence-electron chi connectivity index (χ4n) is 1.97. The molecule has 0 fully saturated rings. The van der Waals surface area contributed by atoms with Gasteiger partial charge in [-0.15, -0.1) is 11.3 Å². The highest BCUT2D eigenvalue weighted by molar-refractivity contribution is 7.10. The van der Waals surface area contributed by atoms with Crippen LogP contribution < -0.4 is 5.32 Å². The molecule has 0 saturated carbocycles. The van der Waals surface area contributed by atoms with E-state index in [4.69, 9.17) is 0 Å². The number of nitrogens with one attached hydrogen (secondary N) is 1. The number of nitrogens with zero attached hydrogens (tertiary/aromatic N) is 2. The number of rotatable bonds is 6. The van der Waals surface area contributed by atoms with Crippen molar-refractivity contribution in [3.05, 3.63) is 52.0 Å². The minimum absolute atomic E-state index is 0.429. The third kappa shape index (κ3) is 4.13. The Morgan fingerprint density at radius 2 is 2.16 bits per heavy atom. The molecule has 3 nitrogen and oxygen atoms in total. The fourth-order valence-corrected chi connectivity index (χ4v) is 2.90. The van der Waals surface area contributed by atoms with Crippen LogP contribution in [0, 0.1) is 6.92 Å². The van der Waals surface area contributed by atoms with Crippen LogP contribution in [0.15, 0.2) is 35.8 Å². The summed E-state index contributed by atoms with van der Waals surface area (Å²) in [5, 5.41) is 5.65. The highest BCUT2D eigenvalue weighted by Crippen LogP contribution is 2.22. The Bertz CT molecular complexity index is 477. The summed E-state index contributed by atoms with van der Waals surface area (Å²) in [6.45, 7) is 3.82. The van der Waals surface area contributed by atoms with Crippen LogP contribution in [0.25, 0.3) is 0 Å². The molecule has 19 heavy (non-hydrogen) atoms. The molecule has 0 aliphatic heterocycles. The summed E-state index contributed by atoms with van der Waals surface area (Å²) in [6.07, 6.45) is 1.94. The van der Waals surface area contributed by atoms with Crippen LogP contribution in [0.2, 0.25) is 0 Å². The zero-order valence-electron chi connectivity index (χ0n) is 11.8. The van der Waals surface area contributed by atoms with Gasteiger partial charge in [-0.1, -0.05) is 12.1 Å². The third-order valence-corrected chi connectivity index (χ3v) is 4.11. The molecule has 2 aromatic rings. The van der Waals surface area contributed by atoms with E-state index in [1.54, 1.807) is 0 Å². The first-order chi connectivity index (χ1) is 9.16. The zero-order valence-corrected chi connectivity index (χ0v) is 12.6. The number of pyridine rings is 1. The lowest BCUT2D eigenvalue weighted by molar-refractivity contribution is 0.292. The van der Waals surface area contributed by atoms with E-state index in [9.17, 15) is 0 Å². The van der Waals surface area contributed by atoms with Gasteiger partial charge < -0.3 is 10.2 Å². The van der Waals surface area contributed by atoms with Gasteiger partial charge in [-0.05, 0) is 44.1 Å².